The molecule has 7 heteroatoms. The molecule has 1 aromatic carbocycles. The first-order chi connectivity index (χ1) is 9.90. The maximum atomic E-state index is 11.8. The van der Waals surface area contributed by atoms with Gasteiger partial charge in [-0.1, -0.05) is 24.3 Å². The quantitative estimate of drug-likeness (QED) is 0.833. The molecule has 2 rings (SSSR count). The summed E-state index contributed by atoms with van der Waals surface area (Å²) in [6.07, 6.45) is -0.0265. The lowest BCUT2D eigenvalue weighted by molar-refractivity contribution is -0.128. The van der Waals surface area contributed by atoms with Crippen LogP contribution in [0.4, 0.5) is 0 Å². The molecule has 0 saturated carbocycles. The zero-order valence-electron chi connectivity index (χ0n) is 12.0. The highest BCUT2D eigenvalue weighted by Gasteiger charge is 2.36. The van der Waals surface area contributed by atoms with E-state index in [4.69, 9.17) is 9.88 Å². The van der Waals surface area contributed by atoms with Crippen molar-refractivity contribution in [2.45, 2.75) is 31.7 Å². The van der Waals surface area contributed by atoms with Crippen LogP contribution in [0.5, 0.6) is 0 Å². The lowest BCUT2D eigenvalue weighted by Gasteiger charge is -2.16. The van der Waals surface area contributed by atoms with Crippen LogP contribution in [-0.2, 0) is 32.7 Å². The number of amides is 1. The molecule has 0 aliphatic carbocycles. The summed E-state index contributed by atoms with van der Waals surface area (Å²) in [4.78, 5) is 13.4. The summed E-state index contributed by atoms with van der Waals surface area (Å²) < 4.78 is 27.9. The zero-order chi connectivity index (χ0) is 15.5. The number of carbonyl (C=O) groups is 1. The summed E-state index contributed by atoms with van der Waals surface area (Å²) in [5, 5.41) is 4.31. The topological polar surface area (TPSA) is 89.7 Å². The normalized spacial score (nSPS) is 19.2. The lowest BCUT2D eigenvalue weighted by atomic mass is 10.1. The first kappa shape index (κ1) is 15.9. The van der Waals surface area contributed by atoms with Crippen molar-refractivity contribution >= 4 is 15.9 Å². The molecule has 0 bridgehead atoms. The van der Waals surface area contributed by atoms with Gasteiger partial charge in [-0.25, -0.2) is 13.6 Å². The highest BCUT2D eigenvalue weighted by atomic mass is 32.2. The Morgan fingerprint density at radius 1 is 1.29 bits per heavy atom. The van der Waals surface area contributed by atoms with Crippen molar-refractivity contribution in [3.8, 4) is 0 Å². The predicted molar refractivity (Wildman–Crippen MR) is 78.7 cm³/mol. The van der Waals surface area contributed by atoms with Gasteiger partial charge in [0, 0.05) is 26.1 Å². The van der Waals surface area contributed by atoms with Gasteiger partial charge in [0.25, 0.3) is 0 Å². The summed E-state index contributed by atoms with van der Waals surface area (Å²) in [7, 11) is -3.66. The van der Waals surface area contributed by atoms with Crippen molar-refractivity contribution < 1.29 is 17.9 Å². The molecule has 1 aliphatic rings. The van der Waals surface area contributed by atoms with E-state index in [0.29, 0.717) is 19.8 Å². The van der Waals surface area contributed by atoms with Crippen molar-refractivity contribution in [3.63, 3.8) is 0 Å². The summed E-state index contributed by atoms with van der Waals surface area (Å²) in [6, 6.07) is 7.74. The lowest BCUT2D eigenvalue weighted by Crippen LogP contribution is -2.31. The van der Waals surface area contributed by atoms with Crippen LogP contribution < -0.4 is 5.14 Å². The Bertz CT molecular complexity index is 598. The molecule has 21 heavy (non-hydrogen) atoms. The van der Waals surface area contributed by atoms with Gasteiger partial charge in [0.1, 0.15) is 5.25 Å². The number of nitrogens with zero attached hydrogens (tertiary/aromatic N) is 1. The maximum absolute atomic E-state index is 11.8. The fourth-order valence-electron chi connectivity index (χ4n) is 2.29. The fraction of sp³-hybridized carbons (Fsp3) is 0.500. The SMILES string of the molecule is CCOCc1ccc(CN2CC(S(N)(=O)=O)CC2=O)cc1. The van der Waals surface area contributed by atoms with Gasteiger partial charge in [-0.2, -0.15) is 0 Å². The molecule has 1 aliphatic heterocycles. The Morgan fingerprint density at radius 2 is 1.90 bits per heavy atom. The van der Waals surface area contributed by atoms with Crippen molar-refractivity contribution in [3.05, 3.63) is 35.4 Å². The molecular weight excluding hydrogens is 292 g/mol. The third kappa shape index (κ3) is 4.26. The molecule has 6 nitrogen and oxygen atoms in total. The Balaban J connectivity index is 1.97. The summed E-state index contributed by atoms with van der Waals surface area (Å²) in [5.41, 5.74) is 2.02. The van der Waals surface area contributed by atoms with E-state index in [1.165, 1.54) is 4.90 Å². The molecule has 0 aromatic heterocycles. The van der Waals surface area contributed by atoms with Crippen LogP contribution in [-0.4, -0.2) is 37.6 Å². The van der Waals surface area contributed by atoms with Crippen molar-refractivity contribution in [1.82, 2.24) is 4.90 Å². The van der Waals surface area contributed by atoms with E-state index >= 15 is 0 Å². The van der Waals surface area contributed by atoms with Crippen molar-refractivity contribution in [1.29, 1.82) is 0 Å². The number of rotatable bonds is 6. The average Bonchev–Trinajstić information content (AvgIpc) is 2.79. The second-order valence-corrected chi connectivity index (χ2v) is 6.99. The van der Waals surface area contributed by atoms with Crippen molar-refractivity contribution in [2.24, 2.45) is 5.14 Å². The number of sulfonamides is 1. The van der Waals surface area contributed by atoms with Crippen LogP contribution in [0.3, 0.4) is 0 Å². The van der Waals surface area contributed by atoms with Gasteiger partial charge in [0.05, 0.1) is 6.61 Å². The number of primary sulfonamides is 1. The summed E-state index contributed by atoms with van der Waals surface area (Å²) in [5.74, 6) is -0.174. The Labute approximate surface area is 124 Å². The molecule has 1 heterocycles. The Kier molecular flexibility index (Phi) is 4.97. The number of likely N-dealkylation sites (tertiary alicyclic amines) is 1. The van der Waals surface area contributed by atoms with E-state index in [9.17, 15) is 13.2 Å². The largest absolute Gasteiger partial charge is 0.377 e. The number of benzene rings is 1. The zero-order valence-corrected chi connectivity index (χ0v) is 12.8. The van der Waals surface area contributed by atoms with Crippen LogP contribution in [0.2, 0.25) is 0 Å². The highest BCUT2D eigenvalue weighted by molar-refractivity contribution is 7.89. The molecule has 0 spiro atoms. The number of hydrogen-bond donors (Lipinski definition) is 1. The third-order valence-electron chi connectivity index (χ3n) is 3.51. The second-order valence-electron chi connectivity index (χ2n) is 5.14. The molecule has 2 N–H and O–H groups in total. The Hall–Kier alpha value is -1.44. The van der Waals surface area contributed by atoms with Gasteiger partial charge in [-0.05, 0) is 18.1 Å². The van der Waals surface area contributed by atoms with Crippen LogP contribution in [0.15, 0.2) is 24.3 Å². The molecular formula is C14H20N2O4S. The number of carbonyl (C=O) groups excluding carboxylic acids is 1. The highest BCUT2D eigenvalue weighted by Crippen LogP contribution is 2.19. The van der Waals surface area contributed by atoms with Gasteiger partial charge in [-0.3, -0.25) is 4.79 Å². The monoisotopic (exact) mass is 312 g/mol. The molecule has 116 valence electrons. The molecule has 1 amide bonds. The van der Waals surface area contributed by atoms with Gasteiger partial charge < -0.3 is 9.64 Å². The van der Waals surface area contributed by atoms with E-state index in [0.717, 1.165) is 11.1 Å². The molecule has 0 radical (unpaired) electrons. The van der Waals surface area contributed by atoms with E-state index in [1.54, 1.807) is 0 Å². The summed E-state index contributed by atoms with van der Waals surface area (Å²) in [6.45, 7) is 3.74. The molecule has 1 unspecified atom stereocenters. The minimum Gasteiger partial charge on any atom is -0.377 e. The van der Waals surface area contributed by atoms with E-state index in [2.05, 4.69) is 0 Å². The minimum atomic E-state index is -3.66. The first-order valence-electron chi connectivity index (χ1n) is 6.85. The summed E-state index contributed by atoms with van der Waals surface area (Å²) >= 11 is 0. The van der Waals surface area contributed by atoms with E-state index < -0.39 is 15.3 Å². The Morgan fingerprint density at radius 3 is 2.43 bits per heavy atom. The molecule has 1 atom stereocenters. The number of nitrogens with two attached hydrogens (primary N) is 1. The van der Waals surface area contributed by atoms with Crippen LogP contribution in [0.25, 0.3) is 0 Å². The third-order valence-corrected chi connectivity index (χ3v) is 4.76. The van der Waals surface area contributed by atoms with E-state index in [1.807, 2.05) is 31.2 Å². The van der Waals surface area contributed by atoms with Crippen LogP contribution in [0, 0.1) is 0 Å². The van der Waals surface area contributed by atoms with Crippen LogP contribution >= 0.6 is 0 Å². The molecule has 1 saturated heterocycles. The first-order valence-corrected chi connectivity index (χ1v) is 8.46. The van der Waals surface area contributed by atoms with Gasteiger partial charge >= 0.3 is 0 Å². The second kappa shape index (κ2) is 6.55. The van der Waals surface area contributed by atoms with Gasteiger partial charge in [0.15, 0.2) is 0 Å². The average molecular weight is 312 g/mol. The maximum Gasteiger partial charge on any atom is 0.224 e. The number of hydrogen-bond acceptors (Lipinski definition) is 4. The van der Waals surface area contributed by atoms with E-state index in [-0.39, 0.29) is 18.9 Å². The molecule has 1 fully saturated rings. The molecule has 1 aromatic rings. The fourth-order valence-corrected chi connectivity index (χ4v) is 3.05. The van der Waals surface area contributed by atoms with Crippen molar-refractivity contribution in [2.75, 3.05) is 13.2 Å². The van der Waals surface area contributed by atoms with Gasteiger partial charge in [0.2, 0.25) is 15.9 Å². The van der Waals surface area contributed by atoms with Crippen LogP contribution in [0.1, 0.15) is 24.5 Å². The minimum absolute atomic E-state index is 0.0265. The predicted octanol–water partition coefficient (Wildman–Crippen LogP) is 0.613. The number of ether oxygens (including phenoxy) is 1. The smallest absolute Gasteiger partial charge is 0.224 e. The standard InChI is InChI=1S/C14H20N2O4S/c1-2-20-10-12-5-3-11(4-6-12)8-16-9-13(7-14(16)17)21(15,18)19/h3-6,13H,2,7-10H2,1H3,(H2,15,18,19). The van der Waals surface area contributed by atoms with Gasteiger partial charge in [-0.15, -0.1) is 0 Å².